The van der Waals surface area contributed by atoms with Gasteiger partial charge in [0.05, 0.1) is 19.1 Å². The molecule has 106 valence electrons. The van der Waals surface area contributed by atoms with Gasteiger partial charge in [-0.3, -0.25) is 4.79 Å². The highest BCUT2D eigenvalue weighted by atomic mass is 16.5. The summed E-state index contributed by atoms with van der Waals surface area (Å²) in [7, 11) is 1.61. The van der Waals surface area contributed by atoms with Gasteiger partial charge in [0, 0.05) is 24.3 Å². The molecule has 2 rings (SSSR count). The molecule has 1 amide bonds. The van der Waals surface area contributed by atoms with Gasteiger partial charge in [0.2, 0.25) is 5.91 Å². The van der Waals surface area contributed by atoms with Crippen molar-refractivity contribution in [1.82, 2.24) is 9.55 Å². The third-order valence-corrected chi connectivity index (χ3v) is 3.30. The number of carbonyl (C=O) groups is 1. The number of nitrogens with zero attached hydrogens (tertiary/aromatic N) is 2. The number of rotatable bonds is 5. The molecule has 0 fully saturated rings. The van der Waals surface area contributed by atoms with Gasteiger partial charge in [-0.15, -0.1) is 0 Å². The standard InChI is InChI=1S/C15H19N3O2/c1-11-12(2)18(10-16-11)9-8-15(19)17-13-4-6-14(20-3)7-5-13/h4-7,10H,8-9H2,1-3H3,(H,17,19). The van der Waals surface area contributed by atoms with Crippen LogP contribution in [0.15, 0.2) is 30.6 Å². The highest BCUT2D eigenvalue weighted by Gasteiger charge is 2.06. The number of imidazole rings is 1. The molecule has 0 radical (unpaired) electrons. The van der Waals surface area contributed by atoms with E-state index >= 15 is 0 Å². The largest absolute Gasteiger partial charge is 0.497 e. The van der Waals surface area contributed by atoms with E-state index in [0.717, 1.165) is 22.8 Å². The second-order valence-electron chi connectivity index (χ2n) is 4.64. The van der Waals surface area contributed by atoms with E-state index in [9.17, 15) is 4.79 Å². The van der Waals surface area contributed by atoms with E-state index in [-0.39, 0.29) is 5.91 Å². The minimum atomic E-state index is -0.0130. The normalized spacial score (nSPS) is 10.3. The highest BCUT2D eigenvalue weighted by molar-refractivity contribution is 5.90. The third-order valence-electron chi connectivity index (χ3n) is 3.30. The number of amides is 1. The van der Waals surface area contributed by atoms with Crippen LogP contribution in [-0.4, -0.2) is 22.6 Å². The van der Waals surface area contributed by atoms with E-state index < -0.39 is 0 Å². The number of methoxy groups -OCH3 is 1. The van der Waals surface area contributed by atoms with Crippen LogP contribution in [0.3, 0.4) is 0 Å². The molecule has 1 aromatic carbocycles. The average molecular weight is 273 g/mol. The van der Waals surface area contributed by atoms with Gasteiger partial charge in [0.1, 0.15) is 5.75 Å². The molecule has 1 heterocycles. The quantitative estimate of drug-likeness (QED) is 0.910. The maximum atomic E-state index is 11.9. The Bertz CT molecular complexity index is 588. The van der Waals surface area contributed by atoms with Crippen molar-refractivity contribution in [3.63, 3.8) is 0 Å². The van der Waals surface area contributed by atoms with Crippen molar-refractivity contribution in [2.75, 3.05) is 12.4 Å². The van der Waals surface area contributed by atoms with E-state index in [0.29, 0.717) is 13.0 Å². The van der Waals surface area contributed by atoms with Crippen LogP contribution < -0.4 is 10.1 Å². The van der Waals surface area contributed by atoms with Crippen molar-refractivity contribution in [1.29, 1.82) is 0 Å². The van der Waals surface area contributed by atoms with E-state index in [1.807, 2.05) is 42.7 Å². The summed E-state index contributed by atoms with van der Waals surface area (Å²) in [5.41, 5.74) is 2.87. The molecule has 0 aliphatic carbocycles. The van der Waals surface area contributed by atoms with Crippen molar-refractivity contribution < 1.29 is 9.53 Å². The maximum absolute atomic E-state index is 11.9. The van der Waals surface area contributed by atoms with E-state index in [2.05, 4.69) is 10.3 Å². The fourth-order valence-corrected chi connectivity index (χ4v) is 1.89. The number of benzene rings is 1. The van der Waals surface area contributed by atoms with Crippen LogP contribution in [0.1, 0.15) is 17.8 Å². The topological polar surface area (TPSA) is 56.1 Å². The SMILES string of the molecule is COc1ccc(NC(=O)CCn2cnc(C)c2C)cc1. The number of hydrogen-bond donors (Lipinski definition) is 1. The fraction of sp³-hybridized carbons (Fsp3) is 0.333. The predicted molar refractivity (Wildman–Crippen MR) is 77.9 cm³/mol. The molecule has 0 saturated heterocycles. The highest BCUT2D eigenvalue weighted by Crippen LogP contribution is 2.15. The van der Waals surface area contributed by atoms with Crippen molar-refractivity contribution in [2.24, 2.45) is 0 Å². The Morgan fingerprint density at radius 2 is 2.00 bits per heavy atom. The summed E-state index contributed by atoms with van der Waals surface area (Å²) in [6.07, 6.45) is 2.19. The Balaban J connectivity index is 1.87. The lowest BCUT2D eigenvalue weighted by Crippen LogP contribution is -2.14. The number of hydrogen-bond acceptors (Lipinski definition) is 3. The van der Waals surface area contributed by atoms with Crippen LogP contribution in [0.25, 0.3) is 0 Å². The minimum absolute atomic E-state index is 0.0130. The van der Waals surface area contributed by atoms with Crippen LogP contribution in [0.2, 0.25) is 0 Å². The summed E-state index contributed by atoms with van der Waals surface area (Å²) in [5.74, 6) is 0.758. The zero-order chi connectivity index (χ0) is 14.5. The summed E-state index contributed by atoms with van der Waals surface area (Å²) in [5, 5.41) is 2.86. The Morgan fingerprint density at radius 1 is 1.30 bits per heavy atom. The summed E-state index contributed by atoms with van der Waals surface area (Å²) in [6.45, 7) is 4.60. The lowest BCUT2D eigenvalue weighted by molar-refractivity contribution is -0.116. The van der Waals surface area contributed by atoms with Gasteiger partial charge in [-0.05, 0) is 38.1 Å². The molecular weight excluding hydrogens is 254 g/mol. The van der Waals surface area contributed by atoms with Crippen LogP contribution in [0, 0.1) is 13.8 Å². The van der Waals surface area contributed by atoms with Crippen LogP contribution in [-0.2, 0) is 11.3 Å². The molecule has 20 heavy (non-hydrogen) atoms. The lowest BCUT2D eigenvalue weighted by Gasteiger charge is -2.08. The summed E-state index contributed by atoms with van der Waals surface area (Å²) in [6, 6.07) is 7.28. The molecule has 0 aliphatic rings. The molecule has 1 N–H and O–H groups in total. The Hall–Kier alpha value is -2.30. The first-order valence-corrected chi connectivity index (χ1v) is 6.52. The first-order valence-electron chi connectivity index (χ1n) is 6.52. The zero-order valence-corrected chi connectivity index (χ0v) is 12.0. The van der Waals surface area contributed by atoms with Crippen molar-refractivity contribution in [3.05, 3.63) is 42.0 Å². The third kappa shape index (κ3) is 3.38. The molecule has 5 nitrogen and oxygen atoms in total. The fourth-order valence-electron chi connectivity index (χ4n) is 1.89. The van der Waals surface area contributed by atoms with E-state index in [4.69, 9.17) is 4.74 Å². The van der Waals surface area contributed by atoms with Crippen LogP contribution >= 0.6 is 0 Å². The van der Waals surface area contributed by atoms with Crippen LogP contribution in [0.5, 0.6) is 5.75 Å². The zero-order valence-electron chi connectivity index (χ0n) is 12.0. The molecule has 1 aromatic heterocycles. The maximum Gasteiger partial charge on any atom is 0.226 e. The van der Waals surface area contributed by atoms with Gasteiger partial charge in [-0.25, -0.2) is 4.98 Å². The number of nitrogens with one attached hydrogen (secondary N) is 1. The predicted octanol–water partition coefficient (Wildman–Crippen LogP) is 2.54. The molecular formula is C15H19N3O2. The van der Waals surface area contributed by atoms with E-state index in [1.54, 1.807) is 13.4 Å². The van der Waals surface area contributed by atoms with Crippen molar-refractivity contribution in [2.45, 2.75) is 26.8 Å². The summed E-state index contributed by atoms with van der Waals surface area (Å²) in [4.78, 5) is 16.1. The summed E-state index contributed by atoms with van der Waals surface area (Å²) < 4.78 is 7.06. The molecule has 0 unspecified atom stereocenters. The first kappa shape index (κ1) is 14.1. The number of anilines is 1. The monoisotopic (exact) mass is 273 g/mol. The molecule has 0 aliphatic heterocycles. The second-order valence-corrected chi connectivity index (χ2v) is 4.64. The van der Waals surface area contributed by atoms with Gasteiger partial charge in [0.25, 0.3) is 0 Å². The summed E-state index contributed by atoms with van der Waals surface area (Å²) >= 11 is 0. The molecule has 0 saturated carbocycles. The average Bonchev–Trinajstić information content (AvgIpc) is 2.77. The lowest BCUT2D eigenvalue weighted by atomic mass is 10.3. The smallest absolute Gasteiger partial charge is 0.226 e. The minimum Gasteiger partial charge on any atom is -0.497 e. The molecule has 0 bridgehead atoms. The number of carbonyl (C=O) groups excluding carboxylic acids is 1. The molecule has 2 aromatic rings. The molecule has 0 atom stereocenters. The van der Waals surface area contributed by atoms with Crippen molar-refractivity contribution in [3.8, 4) is 5.75 Å². The number of aromatic nitrogens is 2. The first-order chi connectivity index (χ1) is 9.60. The second kappa shape index (κ2) is 6.23. The number of ether oxygens (including phenoxy) is 1. The van der Waals surface area contributed by atoms with Gasteiger partial charge >= 0.3 is 0 Å². The van der Waals surface area contributed by atoms with Gasteiger partial charge in [0.15, 0.2) is 0 Å². The Labute approximate surface area is 118 Å². The van der Waals surface area contributed by atoms with E-state index in [1.165, 1.54) is 0 Å². The van der Waals surface area contributed by atoms with Gasteiger partial charge in [-0.2, -0.15) is 0 Å². The Morgan fingerprint density at radius 3 is 2.55 bits per heavy atom. The Kier molecular flexibility index (Phi) is 4.40. The van der Waals surface area contributed by atoms with Gasteiger partial charge in [-0.1, -0.05) is 0 Å². The van der Waals surface area contributed by atoms with Gasteiger partial charge < -0.3 is 14.6 Å². The molecule has 5 heteroatoms. The van der Waals surface area contributed by atoms with Crippen molar-refractivity contribution >= 4 is 11.6 Å². The molecule has 0 spiro atoms. The van der Waals surface area contributed by atoms with Crippen LogP contribution in [0.4, 0.5) is 5.69 Å². The number of aryl methyl sites for hydroxylation is 2.